The molecule has 0 aromatic heterocycles. The monoisotopic (exact) mass is 303 g/mol. The number of hydrogen-bond acceptors (Lipinski definition) is 1. The van der Waals surface area contributed by atoms with Crippen LogP contribution >= 0.6 is 0 Å². The molecule has 1 aromatic carbocycles. The Labute approximate surface area is 136 Å². The predicted octanol–water partition coefficient (Wildman–Crippen LogP) is 5.75. The van der Waals surface area contributed by atoms with Crippen LogP contribution in [0, 0.1) is 5.41 Å². The van der Waals surface area contributed by atoms with Crippen molar-refractivity contribution in [1.82, 2.24) is 0 Å². The van der Waals surface area contributed by atoms with Crippen molar-refractivity contribution in [3.8, 4) is 0 Å². The Kier molecular flexibility index (Phi) is 7.64. The van der Waals surface area contributed by atoms with E-state index >= 15 is 0 Å². The third kappa shape index (κ3) is 6.64. The Morgan fingerprint density at radius 3 is 2.36 bits per heavy atom. The van der Waals surface area contributed by atoms with E-state index < -0.39 is 0 Å². The highest BCUT2D eigenvalue weighted by Crippen LogP contribution is 2.26. The van der Waals surface area contributed by atoms with Gasteiger partial charge in [-0.1, -0.05) is 66.0 Å². The summed E-state index contributed by atoms with van der Waals surface area (Å²) in [7, 11) is 0. The molecular weight excluding hydrogens is 270 g/mol. The van der Waals surface area contributed by atoms with Crippen molar-refractivity contribution >= 4 is 11.6 Å². The van der Waals surface area contributed by atoms with Gasteiger partial charge >= 0.3 is 0 Å². The van der Waals surface area contributed by atoms with Crippen molar-refractivity contribution in [3.05, 3.63) is 29.3 Å². The standard InChI is InChI=1S/C20H33NO/c1-6-8-9-13-17-16(11-7-2)12-10-14-18(17)21-19(22)15-20(3,4)5/h10,12,14H,6-9,11,13,15H2,1-5H3,(H,21,22). The van der Waals surface area contributed by atoms with Crippen LogP contribution in [0.25, 0.3) is 0 Å². The van der Waals surface area contributed by atoms with E-state index in [2.05, 4.69) is 58.1 Å². The molecule has 0 aliphatic heterocycles. The van der Waals surface area contributed by atoms with Crippen LogP contribution in [-0.4, -0.2) is 5.91 Å². The smallest absolute Gasteiger partial charge is 0.224 e. The van der Waals surface area contributed by atoms with Crippen LogP contribution in [0.5, 0.6) is 0 Å². The number of aryl methyl sites for hydroxylation is 1. The molecule has 0 fully saturated rings. The van der Waals surface area contributed by atoms with E-state index in [1.165, 1.54) is 30.4 Å². The van der Waals surface area contributed by atoms with Gasteiger partial charge in [-0.2, -0.15) is 0 Å². The Morgan fingerprint density at radius 2 is 1.77 bits per heavy atom. The van der Waals surface area contributed by atoms with Crippen LogP contribution in [0.3, 0.4) is 0 Å². The Balaban J connectivity index is 2.91. The highest BCUT2D eigenvalue weighted by atomic mass is 16.1. The van der Waals surface area contributed by atoms with Gasteiger partial charge in [0.25, 0.3) is 0 Å². The van der Waals surface area contributed by atoms with E-state index in [9.17, 15) is 4.79 Å². The summed E-state index contributed by atoms with van der Waals surface area (Å²) in [4.78, 5) is 12.3. The lowest BCUT2D eigenvalue weighted by molar-refractivity contribution is -0.117. The summed E-state index contributed by atoms with van der Waals surface area (Å²) in [6.45, 7) is 10.7. The lowest BCUT2D eigenvalue weighted by Gasteiger charge is -2.20. The topological polar surface area (TPSA) is 29.1 Å². The molecule has 0 bridgehead atoms. The fourth-order valence-corrected chi connectivity index (χ4v) is 2.78. The van der Waals surface area contributed by atoms with Gasteiger partial charge in [0.15, 0.2) is 0 Å². The van der Waals surface area contributed by atoms with Crippen molar-refractivity contribution in [2.75, 3.05) is 5.32 Å². The minimum Gasteiger partial charge on any atom is -0.326 e. The summed E-state index contributed by atoms with van der Waals surface area (Å²) in [5, 5.41) is 3.15. The van der Waals surface area contributed by atoms with E-state index in [1.807, 2.05) is 0 Å². The average molecular weight is 303 g/mol. The molecule has 1 aromatic rings. The highest BCUT2D eigenvalue weighted by molar-refractivity contribution is 5.92. The van der Waals surface area contributed by atoms with Gasteiger partial charge in [-0.3, -0.25) is 4.79 Å². The first-order chi connectivity index (χ1) is 10.4. The first-order valence-corrected chi connectivity index (χ1v) is 8.78. The first kappa shape index (κ1) is 18.7. The maximum absolute atomic E-state index is 12.3. The van der Waals surface area contributed by atoms with Gasteiger partial charge in [0.2, 0.25) is 5.91 Å². The summed E-state index contributed by atoms with van der Waals surface area (Å²) in [6.07, 6.45) is 7.51. The summed E-state index contributed by atoms with van der Waals surface area (Å²) < 4.78 is 0. The van der Waals surface area contributed by atoms with E-state index in [-0.39, 0.29) is 11.3 Å². The molecule has 0 atom stereocenters. The molecule has 0 aliphatic carbocycles. The normalized spacial score (nSPS) is 11.5. The number of amides is 1. The number of carbonyl (C=O) groups excluding carboxylic acids is 1. The fraction of sp³-hybridized carbons (Fsp3) is 0.650. The minimum atomic E-state index is 0.0213. The third-order valence-electron chi connectivity index (χ3n) is 3.79. The van der Waals surface area contributed by atoms with Crippen molar-refractivity contribution in [3.63, 3.8) is 0 Å². The molecule has 1 rings (SSSR count). The molecule has 0 radical (unpaired) electrons. The van der Waals surface area contributed by atoms with E-state index in [0.717, 1.165) is 24.9 Å². The predicted molar refractivity (Wildman–Crippen MR) is 96.4 cm³/mol. The summed E-state index contributed by atoms with van der Waals surface area (Å²) in [6, 6.07) is 6.34. The fourth-order valence-electron chi connectivity index (χ4n) is 2.78. The quantitative estimate of drug-likeness (QED) is 0.609. The first-order valence-electron chi connectivity index (χ1n) is 8.78. The molecule has 1 amide bonds. The van der Waals surface area contributed by atoms with Gasteiger partial charge < -0.3 is 5.32 Å². The molecule has 0 heterocycles. The molecule has 0 spiro atoms. The molecule has 0 saturated carbocycles. The number of anilines is 1. The Hall–Kier alpha value is -1.31. The maximum Gasteiger partial charge on any atom is 0.224 e. The summed E-state index contributed by atoms with van der Waals surface area (Å²) >= 11 is 0. The molecule has 0 unspecified atom stereocenters. The van der Waals surface area contributed by atoms with Crippen LogP contribution in [-0.2, 0) is 17.6 Å². The summed E-state index contributed by atoms with van der Waals surface area (Å²) in [5.41, 5.74) is 3.79. The molecule has 1 N–H and O–H groups in total. The number of hydrogen-bond donors (Lipinski definition) is 1. The zero-order valence-corrected chi connectivity index (χ0v) is 15.1. The van der Waals surface area contributed by atoms with Crippen molar-refractivity contribution in [1.29, 1.82) is 0 Å². The second-order valence-corrected chi connectivity index (χ2v) is 7.44. The summed E-state index contributed by atoms with van der Waals surface area (Å²) in [5.74, 6) is 0.123. The molecule has 2 nitrogen and oxygen atoms in total. The number of carbonyl (C=O) groups is 1. The largest absolute Gasteiger partial charge is 0.326 e. The Bertz CT molecular complexity index is 471. The Morgan fingerprint density at radius 1 is 1.05 bits per heavy atom. The second-order valence-electron chi connectivity index (χ2n) is 7.44. The van der Waals surface area contributed by atoms with Crippen molar-refractivity contribution in [2.45, 2.75) is 79.6 Å². The zero-order valence-electron chi connectivity index (χ0n) is 15.1. The molecule has 2 heteroatoms. The van der Waals surface area contributed by atoms with Gasteiger partial charge in [0, 0.05) is 12.1 Å². The van der Waals surface area contributed by atoms with Crippen molar-refractivity contribution < 1.29 is 4.79 Å². The number of nitrogens with one attached hydrogen (secondary N) is 1. The number of rotatable bonds is 8. The van der Waals surface area contributed by atoms with Gasteiger partial charge in [-0.25, -0.2) is 0 Å². The van der Waals surface area contributed by atoms with Crippen LogP contribution < -0.4 is 5.32 Å². The lowest BCUT2D eigenvalue weighted by atomic mass is 9.91. The molecular formula is C20H33NO. The second kappa shape index (κ2) is 8.97. The SMILES string of the molecule is CCCCCc1c(CCC)cccc1NC(=O)CC(C)(C)C. The average Bonchev–Trinajstić information content (AvgIpc) is 2.40. The van der Waals surface area contributed by atoms with E-state index in [0.29, 0.717) is 6.42 Å². The number of unbranched alkanes of at least 4 members (excludes halogenated alkanes) is 2. The molecule has 0 aliphatic rings. The van der Waals surface area contributed by atoms with Crippen LogP contribution in [0.15, 0.2) is 18.2 Å². The number of benzene rings is 1. The van der Waals surface area contributed by atoms with Gasteiger partial charge in [0.05, 0.1) is 0 Å². The highest BCUT2D eigenvalue weighted by Gasteiger charge is 2.17. The van der Waals surface area contributed by atoms with Gasteiger partial charge in [-0.05, 0) is 41.9 Å². The van der Waals surface area contributed by atoms with E-state index in [1.54, 1.807) is 0 Å². The minimum absolute atomic E-state index is 0.0213. The van der Waals surface area contributed by atoms with Crippen molar-refractivity contribution in [2.24, 2.45) is 5.41 Å². The van der Waals surface area contributed by atoms with Crippen LogP contribution in [0.2, 0.25) is 0 Å². The zero-order chi connectivity index (χ0) is 16.6. The third-order valence-corrected chi connectivity index (χ3v) is 3.79. The van der Waals surface area contributed by atoms with Crippen LogP contribution in [0.1, 0.15) is 77.8 Å². The van der Waals surface area contributed by atoms with Gasteiger partial charge in [0.1, 0.15) is 0 Å². The maximum atomic E-state index is 12.3. The molecule has 22 heavy (non-hydrogen) atoms. The lowest BCUT2D eigenvalue weighted by Crippen LogP contribution is -2.20. The van der Waals surface area contributed by atoms with E-state index in [4.69, 9.17) is 0 Å². The molecule has 0 saturated heterocycles. The van der Waals surface area contributed by atoms with Crippen LogP contribution in [0.4, 0.5) is 5.69 Å². The molecule has 124 valence electrons. The van der Waals surface area contributed by atoms with Gasteiger partial charge in [-0.15, -0.1) is 0 Å².